The zero-order valence-electron chi connectivity index (χ0n) is 8.52. The second-order valence-corrected chi connectivity index (χ2v) is 4.25. The second-order valence-electron chi connectivity index (χ2n) is 4.25. The van der Waals surface area contributed by atoms with Gasteiger partial charge in [-0.1, -0.05) is 6.92 Å². The molecule has 0 aromatic rings. The maximum Gasteiger partial charge on any atom is 0.0150 e. The summed E-state index contributed by atoms with van der Waals surface area (Å²) in [5, 5.41) is 0. The summed E-state index contributed by atoms with van der Waals surface area (Å²) in [5.41, 5.74) is 5.84. The van der Waals surface area contributed by atoms with Crippen LogP contribution in [0.1, 0.15) is 27.2 Å². The monoisotopic (exact) mass is 158 g/mol. The van der Waals surface area contributed by atoms with Gasteiger partial charge < -0.3 is 10.6 Å². The molecule has 2 nitrogen and oxygen atoms in total. The van der Waals surface area contributed by atoms with Gasteiger partial charge in [0.15, 0.2) is 0 Å². The van der Waals surface area contributed by atoms with Gasteiger partial charge >= 0.3 is 0 Å². The van der Waals surface area contributed by atoms with Crippen molar-refractivity contribution in [2.24, 2.45) is 11.7 Å². The van der Waals surface area contributed by atoms with Crippen molar-refractivity contribution >= 4 is 0 Å². The van der Waals surface area contributed by atoms with Crippen LogP contribution in [0.3, 0.4) is 0 Å². The molecule has 0 heterocycles. The van der Waals surface area contributed by atoms with Crippen molar-refractivity contribution in [1.29, 1.82) is 0 Å². The fraction of sp³-hybridized carbons (Fsp3) is 1.00. The van der Waals surface area contributed by atoms with E-state index in [1.54, 1.807) is 0 Å². The Bertz CT molecular complexity index is 108. The van der Waals surface area contributed by atoms with Gasteiger partial charge in [0.1, 0.15) is 0 Å². The van der Waals surface area contributed by atoms with Crippen molar-refractivity contribution in [3.05, 3.63) is 0 Å². The van der Waals surface area contributed by atoms with E-state index in [0.29, 0.717) is 5.92 Å². The highest BCUT2D eigenvalue weighted by Gasteiger charge is 2.22. The smallest absolute Gasteiger partial charge is 0.0150 e. The average Bonchev–Trinajstić information content (AvgIpc) is 1.86. The highest BCUT2D eigenvalue weighted by atomic mass is 15.1. The molecule has 68 valence electrons. The van der Waals surface area contributed by atoms with Crippen LogP contribution in [0, 0.1) is 5.92 Å². The van der Waals surface area contributed by atoms with Crippen LogP contribution < -0.4 is 5.73 Å². The topological polar surface area (TPSA) is 29.3 Å². The SMILES string of the molecule is CC(CN)CC(C)(C)N(C)C. The third-order valence-electron chi connectivity index (χ3n) is 2.46. The molecule has 0 amide bonds. The van der Waals surface area contributed by atoms with E-state index >= 15 is 0 Å². The van der Waals surface area contributed by atoms with Crippen molar-refractivity contribution in [1.82, 2.24) is 4.90 Å². The molecule has 2 heteroatoms. The lowest BCUT2D eigenvalue weighted by Crippen LogP contribution is -2.40. The van der Waals surface area contributed by atoms with Crippen LogP contribution in [0.4, 0.5) is 0 Å². The third kappa shape index (κ3) is 3.73. The van der Waals surface area contributed by atoms with E-state index in [9.17, 15) is 0 Å². The Hall–Kier alpha value is -0.0800. The fourth-order valence-corrected chi connectivity index (χ4v) is 1.12. The van der Waals surface area contributed by atoms with Gasteiger partial charge in [0, 0.05) is 5.54 Å². The van der Waals surface area contributed by atoms with Crippen LogP contribution in [0.15, 0.2) is 0 Å². The van der Waals surface area contributed by atoms with E-state index in [4.69, 9.17) is 5.73 Å². The first-order chi connectivity index (χ1) is 4.90. The summed E-state index contributed by atoms with van der Waals surface area (Å²) in [6, 6.07) is 0. The molecule has 0 rings (SSSR count). The predicted octanol–water partition coefficient (Wildman–Crippen LogP) is 1.31. The summed E-state index contributed by atoms with van der Waals surface area (Å²) in [6.07, 6.45) is 1.16. The highest BCUT2D eigenvalue weighted by molar-refractivity contribution is 4.79. The minimum Gasteiger partial charge on any atom is -0.330 e. The minimum atomic E-state index is 0.277. The Balaban J connectivity index is 3.90. The summed E-state index contributed by atoms with van der Waals surface area (Å²) >= 11 is 0. The standard InChI is InChI=1S/C9H22N2/c1-8(7-10)6-9(2,3)11(4)5/h8H,6-7,10H2,1-5H3. The van der Waals surface area contributed by atoms with Gasteiger partial charge in [-0.25, -0.2) is 0 Å². The van der Waals surface area contributed by atoms with Crippen LogP contribution in [0.25, 0.3) is 0 Å². The molecule has 0 saturated heterocycles. The van der Waals surface area contributed by atoms with E-state index in [1.807, 2.05) is 0 Å². The van der Waals surface area contributed by atoms with Crippen molar-refractivity contribution in [2.75, 3.05) is 20.6 Å². The van der Waals surface area contributed by atoms with Gasteiger partial charge in [-0.2, -0.15) is 0 Å². The summed E-state index contributed by atoms with van der Waals surface area (Å²) < 4.78 is 0. The average molecular weight is 158 g/mol. The molecule has 0 aromatic carbocycles. The number of nitrogens with zero attached hydrogens (tertiary/aromatic N) is 1. The second kappa shape index (κ2) is 4.07. The van der Waals surface area contributed by atoms with Gasteiger partial charge in [0.05, 0.1) is 0 Å². The molecule has 0 bridgehead atoms. The lowest BCUT2D eigenvalue weighted by molar-refractivity contribution is 0.160. The molecule has 0 aliphatic carbocycles. The zero-order valence-corrected chi connectivity index (χ0v) is 8.52. The molecule has 11 heavy (non-hydrogen) atoms. The molecule has 0 fully saturated rings. The van der Waals surface area contributed by atoms with Crippen molar-refractivity contribution in [3.63, 3.8) is 0 Å². The van der Waals surface area contributed by atoms with E-state index in [0.717, 1.165) is 13.0 Å². The van der Waals surface area contributed by atoms with Gasteiger partial charge in [0.2, 0.25) is 0 Å². The van der Waals surface area contributed by atoms with Crippen LogP contribution in [-0.2, 0) is 0 Å². The first kappa shape index (κ1) is 10.9. The third-order valence-corrected chi connectivity index (χ3v) is 2.46. The number of nitrogens with two attached hydrogens (primary N) is 1. The van der Waals surface area contributed by atoms with Crippen LogP contribution >= 0.6 is 0 Å². The maximum absolute atomic E-state index is 5.56. The molecule has 0 spiro atoms. The minimum absolute atomic E-state index is 0.277. The molecule has 0 radical (unpaired) electrons. The maximum atomic E-state index is 5.56. The van der Waals surface area contributed by atoms with Crippen LogP contribution in [-0.4, -0.2) is 31.1 Å². The lowest BCUT2D eigenvalue weighted by Gasteiger charge is -2.34. The fourth-order valence-electron chi connectivity index (χ4n) is 1.12. The van der Waals surface area contributed by atoms with Gasteiger partial charge in [-0.05, 0) is 46.8 Å². The van der Waals surface area contributed by atoms with Gasteiger partial charge in [-0.15, -0.1) is 0 Å². The number of hydrogen-bond acceptors (Lipinski definition) is 2. The Morgan fingerprint density at radius 1 is 1.36 bits per heavy atom. The Morgan fingerprint density at radius 3 is 2.09 bits per heavy atom. The van der Waals surface area contributed by atoms with Crippen LogP contribution in [0.2, 0.25) is 0 Å². The van der Waals surface area contributed by atoms with Crippen molar-refractivity contribution in [3.8, 4) is 0 Å². The number of rotatable bonds is 4. The van der Waals surface area contributed by atoms with Crippen LogP contribution in [0.5, 0.6) is 0 Å². The molecular weight excluding hydrogens is 136 g/mol. The van der Waals surface area contributed by atoms with E-state index in [-0.39, 0.29) is 5.54 Å². The summed E-state index contributed by atoms with van der Waals surface area (Å²) in [6.45, 7) is 7.49. The van der Waals surface area contributed by atoms with Crippen molar-refractivity contribution < 1.29 is 0 Å². The predicted molar refractivity (Wildman–Crippen MR) is 50.6 cm³/mol. The van der Waals surface area contributed by atoms with Gasteiger partial charge in [0.25, 0.3) is 0 Å². The lowest BCUT2D eigenvalue weighted by atomic mass is 9.91. The molecule has 0 aromatic heterocycles. The molecule has 0 saturated carbocycles. The molecular formula is C9H22N2. The molecule has 1 unspecified atom stereocenters. The zero-order chi connectivity index (χ0) is 9.07. The quantitative estimate of drug-likeness (QED) is 0.668. The Morgan fingerprint density at radius 2 is 1.82 bits per heavy atom. The molecule has 2 N–H and O–H groups in total. The Labute approximate surface area is 70.8 Å². The molecule has 0 aliphatic rings. The number of hydrogen-bond donors (Lipinski definition) is 1. The largest absolute Gasteiger partial charge is 0.330 e. The summed E-state index contributed by atoms with van der Waals surface area (Å²) in [4.78, 5) is 2.25. The van der Waals surface area contributed by atoms with Crippen molar-refractivity contribution in [2.45, 2.75) is 32.7 Å². The Kier molecular flexibility index (Phi) is 4.04. The first-order valence-corrected chi connectivity index (χ1v) is 4.27. The summed E-state index contributed by atoms with van der Waals surface area (Å²) in [7, 11) is 4.23. The molecule has 0 aliphatic heterocycles. The van der Waals surface area contributed by atoms with Gasteiger partial charge in [-0.3, -0.25) is 0 Å². The van der Waals surface area contributed by atoms with E-state index < -0.39 is 0 Å². The summed E-state index contributed by atoms with van der Waals surface area (Å²) in [5.74, 6) is 0.618. The normalized spacial score (nSPS) is 15.5. The van der Waals surface area contributed by atoms with E-state index in [1.165, 1.54) is 0 Å². The van der Waals surface area contributed by atoms with E-state index in [2.05, 4.69) is 39.8 Å². The first-order valence-electron chi connectivity index (χ1n) is 4.27. The molecule has 1 atom stereocenters. The highest BCUT2D eigenvalue weighted by Crippen LogP contribution is 2.19.